The minimum absolute atomic E-state index is 0.0546. The third-order valence-corrected chi connectivity index (χ3v) is 3.25. The second kappa shape index (κ2) is 6.54. The predicted molar refractivity (Wildman–Crippen MR) is 80.0 cm³/mol. The van der Waals surface area contributed by atoms with Gasteiger partial charge in [-0.25, -0.2) is 4.98 Å². The summed E-state index contributed by atoms with van der Waals surface area (Å²) in [6.45, 7) is 2.57. The maximum absolute atomic E-state index is 6.07. The summed E-state index contributed by atoms with van der Waals surface area (Å²) >= 11 is 6.07. The summed E-state index contributed by atoms with van der Waals surface area (Å²) in [4.78, 5) is 8.13. The molecule has 0 fully saturated rings. The molecule has 0 bridgehead atoms. The van der Waals surface area contributed by atoms with Crippen LogP contribution in [0.5, 0.6) is 6.01 Å². The van der Waals surface area contributed by atoms with E-state index in [2.05, 4.69) is 15.3 Å². The van der Waals surface area contributed by atoms with Gasteiger partial charge in [-0.3, -0.25) is 0 Å². The highest BCUT2D eigenvalue weighted by Crippen LogP contribution is 2.25. The zero-order valence-corrected chi connectivity index (χ0v) is 12.2. The minimum atomic E-state index is 0.0546. The first kappa shape index (κ1) is 14.6. The Bertz CT molecular complexity index is 574. The number of rotatable bonds is 5. The fourth-order valence-corrected chi connectivity index (χ4v) is 1.93. The van der Waals surface area contributed by atoms with E-state index in [0.29, 0.717) is 17.4 Å². The highest BCUT2D eigenvalue weighted by Gasteiger charge is 2.10. The zero-order valence-electron chi connectivity index (χ0n) is 11.4. The molecule has 0 aliphatic carbocycles. The van der Waals surface area contributed by atoms with Crippen LogP contribution in [-0.4, -0.2) is 17.1 Å². The van der Waals surface area contributed by atoms with E-state index in [9.17, 15) is 0 Å². The van der Waals surface area contributed by atoms with Crippen LogP contribution in [0.3, 0.4) is 0 Å². The molecular weight excluding hydrogens is 276 g/mol. The van der Waals surface area contributed by atoms with Crippen LogP contribution in [0, 0.1) is 0 Å². The van der Waals surface area contributed by atoms with Gasteiger partial charge in [-0.05, 0) is 18.1 Å². The Hall–Kier alpha value is -1.85. The van der Waals surface area contributed by atoms with Crippen LogP contribution in [-0.2, 0) is 6.54 Å². The van der Waals surface area contributed by atoms with Gasteiger partial charge in [0.25, 0.3) is 0 Å². The molecule has 106 valence electrons. The first-order valence-corrected chi connectivity index (χ1v) is 6.63. The van der Waals surface area contributed by atoms with E-state index in [0.717, 1.165) is 11.1 Å². The van der Waals surface area contributed by atoms with E-state index in [-0.39, 0.29) is 12.1 Å². The number of ether oxygens (including phenoxy) is 1. The van der Waals surface area contributed by atoms with Crippen molar-refractivity contribution in [2.24, 2.45) is 5.73 Å². The van der Waals surface area contributed by atoms with E-state index in [1.165, 1.54) is 13.3 Å². The Morgan fingerprint density at radius 2 is 2.05 bits per heavy atom. The van der Waals surface area contributed by atoms with E-state index < -0.39 is 0 Å². The molecule has 0 radical (unpaired) electrons. The van der Waals surface area contributed by atoms with Crippen molar-refractivity contribution in [3.8, 4) is 6.01 Å². The van der Waals surface area contributed by atoms with Crippen molar-refractivity contribution in [2.75, 3.05) is 12.4 Å². The van der Waals surface area contributed by atoms with Crippen LogP contribution in [0.1, 0.15) is 24.1 Å². The summed E-state index contributed by atoms with van der Waals surface area (Å²) < 4.78 is 4.99. The summed E-state index contributed by atoms with van der Waals surface area (Å²) in [5.74, 6) is 0.550. The van der Waals surface area contributed by atoms with E-state index in [4.69, 9.17) is 22.1 Å². The summed E-state index contributed by atoms with van der Waals surface area (Å²) in [6, 6.07) is 8.42. The molecular formula is C14H17ClN4O. The maximum Gasteiger partial charge on any atom is 0.318 e. The second-order valence-electron chi connectivity index (χ2n) is 4.36. The first-order valence-electron chi connectivity index (χ1n) is 6.26. The first-order chi connectivity index (χ1) is 9.63. The Kier molecular flexibility index (Phi) is 4.76. The molecule has 0 spiro atoms. The van der Waals surface area contributed by atoms with Gasteiger partial charge in [-0.2, -0.15) is 4.98 Å². The molecule has 0 saturated carbocycles. The smallest absolute Gasteiger partial charge is 0.318 e. The monoisotopic (exact) mass is 292 g/mol. The average molecular weight is 293 g/mol. The van der Waals surface area contributed by atoms with Crippen molar-refractivity contribution in [1.82, 2.24) is 9.97 Å². The molecule has 5 nitrogen and oxygen atoms in total. The highest BCUT2D eigenvalue weighted by molar-refractivity contribution is 6.32. The van der Waals surface area contributed by atoms with Crippen LogP contribution in [0.2, 0.25) is 5.02 Å². The van der Waals surface area contributed by atoms with Crippen LogP contribution < -0.4 is 15.8 Å². The van der Waals surface area contributed by atoms with Crippen molar-refractivity contribution in [2.45, 2.75) is 19.5 Å². The summed E-state index contributed by atoms with van der Waals surface area (Å²) in [7, 11) is 1.52. The topological polar surface area (TPSA) is 73.1 Å². The number of benzene rings is 1. The lowest BCUT2D eigenvalue weighted by Gasteiger charge is -2.16. The molecule has 0 amide bonds. The molecule has 0 aliphatic rings. The number of nitrogens with two attached hydrogens (primary N) is 1. The molecule has 1 aromatic heterocycles. The Labute approximate surface area is 123 Å². The molecule has 2 aromatic rings. The third kappa shape index (κ3) is 3.37. The Morgan fingerprint density at radius 1 is 1.35 bits per heavy atom. The van der Waals surface area contributed by atoms with Gasteiger partial charge in [-0.1, -0.05) is 35.9 Å². The van der Waals surface area contributed by atoms with Gasteiger partial charge >= 0.3 is 6.01 Å². The normalized spacial score (nSPS) is 12.0. The molecule has 1 atom stereocenters. The lowest BCUT2D eigenvalue weighted by atomic mass is 10.1. The molecule has 2 rings (SSSR count). The Balaban J connectivity index is 2.15. The largest absolute Gasteiger partial charge is 0.467 e. The van der Waals surface area contributed by atoms with Crippen LogP contribution in [0.15, 0.2) is 30.5 Å². The van der Waals surface area contributed by atoms with Crippen molar-refractivity contribution in [3.63, 3.8) is 0 Å². The molecule has 6 heteroatoms. The molecule has 0 aliphatic heterocycles. The highest BCUT2D eigenvalue weighted by atomic mass is 35.5. The average Bonchev–Trinajstić information content (AvgIpc) is 2.49. The van der Waals surface area contributed by atoms with Gasteiger partial charge in [0.1, 0.15) is 5.02 Å². The Morgan fingerprint density at radius 3 is 2.65 bits per heavy atom. The number of aromatic nitrogens is 2. The number of hydrogen-bond donors (Lipinski definition) is 2. The molecule has 3 N–H and O–H groups in total. The zero-order chi connectivity index (χ0) is 14.5. The van der Waals surface area contributed by atoms with Gasteiger partial charge in [-0.15, -0.1) is 0 Å². The molecule has 1 heterocycles. The van der Waals surface area contributed by atoms with E-state index in [1.807, 2.05) is 31.2 Å². The third-order valence-electron chi connectivity index (χ3n) is 2.97. The summed E-state index contributed by atoms with van der Waals surface area (Å²) in [5, 5.41) is 3.70. The number of methoxy groups -OCH3 is 1. The summed E-state index contributed by atoms with van der Waals surface area (Å²) in [6.07, 6.45) is 1.51. The number of hydrogen-bond acceptors (Lipinski definition) is 5. The molecule has 1 aromatic carbocycles. The fourth-order valence-electron chi connectivity index (χ4n) is 1.78. The number of halogens is 1. The van der Waals surface area contributed by atoms with Crippen LogP contribution in [0.25, 0.3) is 0 Å². The lowest BCUT2D eigenvalue weighted by Crippen LogP contribution is -2.09. The summed E-state index contributed by atoms with van der Waals surface area (Å²) in [5.41, 5.74) is 7.81. The standard InChI is InChI=1S/C14H17ClN4O/c1-9(11-5-3-10(7-16)4-6-11)18-13-12(15)8-17-14(19-13)20-2/h3-6,8-9H,7,16H2,1-2H3,(H,17,18,19). The number of nitrogens with zero attached hydrogens (tertiary/aromatic N) is 2. The minimum Gasteiger partial charge on any atom is -0.467 e. The fraction of sp³-hybridized carbons (Fsp3) is 0.286. The maximum atomic E-state index is 6.07. The number of anilines is 1. The van der Waals surface area contributed by atoms with Gasteiger partial charge in [0.05, 0.1) is 13.3 Å². The van der Waals surface area contributed by atoms with Crippen molar-refractivity contribution < 1.29 is 4.74 Å². The molecule has 20 heavy (non-hydrogen) atoms. The van der Waals surface area contributed by atoms with Crippen LogP contribution >= 0.6 is 11.6 Å². The number of nitrogens with one attached hydrogen (secondary N) is 1. The molecule has 0 saturated heterocycles. The van der Waals surface area contributed by atoms with Crippen molar-refractivity contribution in [3.05, 3.63) is 46.6 Å². The van der Waals surface area contributed by atoms with Gasteiger partial charge in [0.2, 0.25) is 0 Å². The van der Waals surface area contributed by atoms with Gasteiger partial charge in [0, 0.05) is 12.6 Å². The predicted octanol–water partition coefficient (Wildman–Crippen LogP) is 2.77. The van der Waals surface area contributed by atoms with Crippen molar-refractivity contribution >= 4 is 17.4 Å². The van der Waals surface area contributed by atoms with Crippen LogP contribution in [0.4, 0.5) is 5.82 Å². The lowest BCUT2D eigenvalue weighted by molar-refractivity contribution is 0.380. The molecule has 1 unspecified atom stereocenters. The van der Waals surface area contributed by atoms with E-state index >= 15 is 0 Å². The quantitative estimate of drug-likeness (QED) is 0.886. The van der Waals surface area contributed by atoms with E-state index in [1.54, 1.807) is 0 Å². The van der Waals surface area contributed by atoms with Crippen molar-refractivity contribution in [1.29, 1.82) is 0 Å². The second-order valence-corrected chi connectivity index (χ2v) is 4.77. The SMILES string of the molecule is COc1ncc(Cl)c(NC(C)c2ccc(CN)cc2)n1. The van der Waals surface area contributed by atoms with Gasteiger partial charge < -0.3 is 15.8 Å². The van der Waals surface area contributed by atoms with Gasteiger partial charge in [0.15, 0.2) is 5.82 Å².